The number of carbonyl (C=O) groups excluding carboxylic acids is 2. The molecule has 1 aromatic heterocycles. The minimum absolute atomic E-state index is 0.00768. The number of nitrogens with one attached hydrogen (secondary N) is 1. The smallest absolute Gasteiger partial charge is 0.253 e. The van der Waals surface area contributed by atoms with Crippen LogP contribution in [0.1, 0.15) is 36.8 Å². The summed E-state index contributed by atoms with van der Waals surface area (Å²) >= 11 is 0. The Morgan fingerprint density at radius 1 is 0.968 bits per heavy atom. The van der Waals surface area contributed by atoms with Gasteiger partial charge in [-0.25, -0.2) is 13.1 Å². The van der Waals surface area contributed by atoms with Crippen molar-refractivity contribution in [3.63, 3.8) is 0 Å². The molecular formula is C22H28N4O4S. The zero-order valence-corrected chi connectivity index (χ0v) is 18.9. The van der Waals surface area contributed by atoms with Crippen molar-refractivity contribution in [1.29, 1.82) is 0 Å². The van der Waals surface area contributed by atoms with E-state index in [0.29, 0.717) is 31.7 Å². The van der Waals surface area contributed by atoms with E-state index in [1.54, 1.807) is 42.8 Å². The number of benzene rings is 1. The van der Waals surface area contributed by atoms with Crippen molar-refractivity contribution in [1.82, 2.24) is 19.5 Å². The maximum absolute atomic E-state index is 12.8. The first kappa shape index (κ1) is 22.9. The van der Waals surface area contributed by atoms with E-state index < -0.39 is 15.6 Å². The van der Waals surface area contributed by atoms with Crippen molar-refractivity contribution in [2.45, 2.75) is 37.6 Å². The van der Waals surface area contributed by atoms with E-state index >= 15 is 0 Å². The first-order valence-electron chi connectivity index (χ1n) is 10.2. The van der Waals surface area contributed by atoms with E-state index in [2.05, 4.69) is 9.71 Å². The number of carbonyl (C=O) groups is 2. The topological polar surface area (TPSA) is 99.7 Å². The van der Waals surface area contributed by atoms with Crippen LogP contribution in [-0.2, 0) is 21.2 Å². The second-order valence-corrected chi connectivity index (χ2v) is 10.2. The van der Waals surface area contributed by atoms with Gasteiger partial charge in [0.05, 0.1) is 11.3 Å². The molecule has 2 heterocycles. The van der Waals surface area contributed by atoms with Crippen molar-refractivity contribution in [3.05, 3.63) is 59.9 Å². The Kier molecular flexibility index (Phi) is 6.76. The summed E-state index contributed by atoms with van der Waals surface area (Å²) in [5.41, 5.74) is 0.547. The van der Waals surface area contributed by atoms with Crippen molar-refractivity contribution in [2.24, 2.45) is 0 Å². The van der Waals surface area contributed by atoms with E-state index in [0.717, 1.165) is 5.69 Å². The fraction of sp³-hybridized carbons (Fsp3) is 0.409. The summed E-state index contributed by atoms with van der Waals surface area (Å²) in [7, 11) is -3.65. The number of hydrogen-bond acceptors (Lipinski definition) is 5. The van der Waals surface area contributed by atoms with Gasteiger partial charge >= 0.3 is 0 Å². The summed E-state index contributed by atoms with van der Waals surface area (Å²) in [6.45, 7) is 7.07. The van der Waals surface area contributed by atoms with E-state index in [-0.39, 0.29) is 23.1 Å². The number of nitrogens with zero attached hydrogens (tertiary/aromatic N) is 3. The van der Waals surface area contributed by atoms with Gasteiger partial charge in [0, 0.05) is 49.2 Å². The van der Waals surface area contributed by atoms with Gasteiger partial charge in [0.25, 0.3) is 5.91 Å². The van der Waals surface area contributed by atoms with Gasteiger partial charge in [0.1, 0.15) is 0 Å². The van der Waals surface area contributed by atoms with Crippen molar-refractivity contribution >= 4 is 21.8 Å². The largest absolute Gasteiger partial charge is 0.339 e. The lowest BCUT2D eigenvalue weighted by atomic mass is 10.1. The number of piperazine rings is 1. The van der Waals surface area contributed by atoms with Crippen molar-refractivity contribution < 1.29 is 18.0 Å². The Labute approximate surface area is 183 Å². The van der Waals surface area contributed by atoms with Crippen LogP contribution in [0.25, 0.3) is 0 Å². The second kappa shape index (κ2) is 9.15. The first-order chi connectivity index (χ1) is 14.5. The normalized spacial score (nSPS) is 15.1. The van der Waals surface area contributed by atoms with Crippen molar-refractivity contribution in [2.75, 3.05) is 26.2 Å². The Morgan fingerprint density at radius 2 is 1.58 bits per heavy atom. The minimum Gasteiger partial charge on any atom is -0.339 e. The molecule has 1 aliphatic heterocycles. The van der Waals surface area contributed by atoms with Gasteiger partial charge in [0.2, 0.25) is 15.9 Å². The summed E-state index contributed by atoms with van der Waals surface area (Å²) in [5, 5.41) is 0. The van der Waals surface area contributed by atoms with Crippen LogP contribution in [-0.4, -0.2) is 66.7 Å². The zero-order chi connectivity index (χ0) is 22.6. The molecule has 1 aromatic carbocycles. The zero-order valence-electron chi connectivity index (χ0n) is 18.0. The maximum Gasteiger partial charge on any atom is 0.253 e. The fourth-order valence-corrected chi connectivity index (χ4v) is 4.77. The van der Waals surface area contributed by atoms with Gasteiger partial charge in [-0.15, -0.1) is 0 Å². The third kappa shape index (κ3) is 6.11. The van der Waals surface area contributed by atoms with Crippen LogP contribution >= 0.6 is 0 Å². The SMILES string of the molecule is CC(C)(C)NS(=O)(=O)c1ccc(C(=O)N2CCN(C(=O)Cc3ccccn3)CC2)cc1. The van der Waals surface area contributed by atoms with Gasteiger partial charge < -0.3 is 9.80 Å². The number of aromatic nitrogens is 1. The number of pyridine rings is 1. The third-order valence-electron chi connectivity index (χ3n) is 4.83. The van der Waals surface area contributed by atoms with Gasteiger partial charge in [-0.05, 0) is 57.2 Å². The monoisotopic (exact) mass is 444 g/mol. The van der Waals surface area contributed by atoms with Crippen molar-refractivity contribution in [3.8, 4) is 0 Å². The summed E-state index contributed by atoms with van der Waals surface area (Å²) in [4.78, 5) is 33.0. The molecule has 3 rings (SSSR count). The molecule has 0 aliphatic carbocycles. The highest BCUT2D eigenvalue weighted by Crippen LogP contribution is 2.16. The molecule has 8 nitrogen and oxygen atoms in total. The van der Waals surface area contributed by atoms with Crippen LogP contribution in [0.5, 0.6) is 0 Å². The van der Waals surface area contributed by atoms with E-state index in [1.807, 2.05) is 12.1 Å². The van der Waals surface area contributed by atoms with Crippen LogP contribution in [0.15, 0.2) is 53.6 Å². The maximum atomic E-state index is 12.8. The van der Waals surface area contributed by atoms with Crippen LogP contribution in [0.2, 0.25) is 0 Å². The summed E-state index contributed by atoms with van der Waals surface area (Å²) in [5.74, 6) is -0.184. The number of hydrogen-bond donors (Lipinski definition) is 1. The third-order valence-corrected chi connectivity index (χ3v) is 6.60. The molecule has 0 spiro atoms. The van der Waals surface area contributed by atoms with Gasteiger partial charge in [-0.2, -0.15) is 0 Å². The molecule has 0 atom stereocenters. The standard InChI is InChI=1S/C22H28N4O4S/c1-22(2,3)24-31(29,30)19-9-7-17(8-10-19)21(28)26-14-12-25(13-15-26)20(27)16-18-6-4-5-11-23-18/h4-11,24H,12-16H2,1-3H3. The van der Waals surface area contributed by atoms with E-state index in [9.17, 15) is 18.0 Å². The predicted octanol–water partition coefficient (Wildman–Crippen LogP) is 1.69. The molecule has 9 heteroatoms. The molecule has 1 fully saturated rings. The number of rotatable bonds is 5. The van der Waals surface area contributed by atoms with E-state index in [1.165, 1.54) is 24.3 Å². The predicted molar refractivity (Wildman–Crippen MR) is 117 cm³/mol. The highest BCUT2D eigenvalue weighted by Gasteiger charge is 2.26. The molecule has 2 aromatic rings. The summed E-state index contributed by atoms with van der Waals surface area (Å²) in [6.07, 6.45) is 1.91. The molecule has 0 bridgehead atoms. The summed E-state index contributed by atoms with van der Waals surface area (Å²) < 4.78 is 27.4. The highest BCUT2D eigenvalue weighted by atomic mass is 32.2. The molecule has 1 N–H and O–H groups in total. The molecule has 166 valence electrons. The second-order valence-electron chi connectivity index (χ2n) is 8.55. The molecule has 0 unspecified atom stereocenters. The molecule has 2 amide bonds. The Balaban J connectivity index is 1.57. The lowest BCUT2D eigenvalue weighted by Gasteiger charge is -2.34. The average Bonchev–Trinajstić information content (AvgIpc) is 2.72. The van der Waals surface area contributed by atoms with Crippen LogP contribution < -0.4 is 4.72 Å². The fourth-order valence-electron chi connectivity index (χ4n) is 3.35. The van der Waals surface area contributed by atoms with Gasteiger partial charge in [-0.3, -0.25) is 14.6 Å². The number of sulfonamides is 1. The molecule has 1 aliphatic rings. The molecule has 1 saturated heterocycles. The first-order valence-corrected chi connectivity index (χ1v) is 11.6. The quantitative estimate of drug-likeness (QED) is 0.757. The molecule has 31 heavy (non-hydrogen) atoms. The average molecular weight is 445 g/mol. The van der Waals surface area contributed by atoms with Gasteiger partial charge in [-0.1, -0.05) is 6.07 Å². The summed E-state index contributed by atoms with van der Waals surface area (Å²) in [6, 6.07) is 11.4. The Morgan fingerprint density at radius 3 is 2.13 bits per heavy atom. The minimum atomic E-state index is -3.65. The lowest BCUT2D eigenvalue weighted by Crippen LogP contribution is -2.51. The highest BCUT2D eigenvalue weighted by molar-refractivity contribution is 7.89. The molecule has 0 radical (unpaired) electrons. The van der Waals surface area contributed by atoms with E-state index in [4.69, 9.17) is 0 Å². The van der Waals surface area contributed by atoms with Crippen LogP contribution in [0.3, 0.4) is 0 Å². The van der Waals surface area contributed by atoms with Crippen LogP contribution in [0, 0.1) is 0 Å². The lowest BCUT2D eigenvalue weighted by molar-refractivity contribution is -0.132. The number of amides is 2. The van der Waals surface area contributed by atoms with Crippen LogP contribution in [0.4, 0.5) is 0 Å². The Bertz CT molecular complexity index is 1020. The molecular weight excluding hydrogens is 416 g/mol. The van der Waals surface area contributed by atoms with Gasteiger partial charge in [0.15, 0.2) is 0 Å². The molecule has 0 saturated carbocycles. The Hall–Kier alpha value is -2.78.